The molecule has 5 nitrogen and oxygen atoms in total. The average Bonchev–Trinajstić information content (AvgIpc) is 2.54. The standard InChI is InChI=1S/C17H21N3O2/c1-10-3-8-14-13(9-10)15(20-17(19-14)16(18)21)11-4-6-12(22-2)7-5-11/h3,8-9,11-12H,4-7H2,1-2H3,(H2,18,21). The van der Waals surface area contributed by atoms with Crippen molar-refractivity contribution in [1.82, 2.24) is 9.97 Å². The number of fused-ring (bicyclic) bond motifs is 1. The highest BCUT2D eigenvalue weighted by Crippen LogP contribution is 2.36. The van der Waals surface area contributed by atoms with Crippen LogP contribution in [0.5, 0.6) is 0 Å². The van der Waals surface area contributed by atoms with Crippen LogP contribution in [-0.2, 0) is 4.74 Å². The molecule has 116 valence electrons. The molecule has 1 heterocycles. The number of methoxy groups -OCH3 is 1. The number of aryl methyl sites for hydroxylation is 1. The van der Waals surface area contributed by atoms with Gasteiger partial charge in [-0.25, -0.2) is 9.97 Å². The van der Waals surface area contributed by atoms with Crippen molar-refractivity contribution in [3.63, 3.8) is 0 Å². The minimum Gasteiger partial charge on any atom is -0.381 e. The summed E-state index contributed by atoms with van der Waals surface area (Å²) in [4.78, 5) is 20.3. The van der Waals surface area contributed by atoms with E-state index in [1.54, 1.807) is 7.11 Å². The Morgan fingerprint density at radius 3 is 2.59 bits per heavy atom. The van der Waals surface area contributed by atoms with Crippen molar-refractivity contribution in [2.24, 2.45) is 5.73 Å². The third kappa shape index (κ3) is 2.81. The first kappa shape index (κ1) is 14.9. The van der Waals surface area contributed by atoms with Gasteiger partial charge in [0.05, 0.1) is 17.3 Å². The molecule has 0 atom stereocenters. The van der Waals surface area contributed by atoms with Crippen molar-refractivity contribution in [3.8, 4) is 0 Å². The lowest BCUT2D eigenvalue weighted by Gasteiger charge is -2.28. The Bertz CT molecular complexity index is 706. The van der Waals surface area contributed by atoms with Crippen molar-refractivity contribution in [2.75, 3.05) is 7.11 Å². The first-order valence-corrected chi connectivity index (χ1v) is 7.69. The number of hydrogen-bond acceptors (Lipinski definition) is 4. The van der Waals surface area contributed by atoms with Gasteiger partial charge in [0.25, 0.3) is 5.91 Å². The van der Waals surface area contributed by atoms with Gasteiger partial charge in [0.2, 0.25) is 5.82 Å². The highest BCUT2D eigenvalue weighted by molar-refractivity contribution is 5.92. The van der Waals surface area contributed by atoms with E-state index in [4.69, 9.17) is 10.5 Å². The number of aromatic nitrogens is 2. The second-order valence-corrected chi connectivity index (χ2v) is 6.03. The number of hydrogen-bond donors (Lipinski definition) is 1. The van der Waals surface area contributed by atoms with Crippen LogP contribution >= 0.6 is 0 Å². The summed E-state index contributed by atoms with van der Waals surface area (Å²) < 4.78 is 5.44. The molecule has 3 rings (SSSR count). The normalized spacial score (nSPS) is 21.9. The summed E-state index contributed by atoms with van der Waals surface area (Å²) in [6.07, 6.45) is 4.39. The van der Waals surface area contributed by atoms with Gasteiger partial charge in [0.15, 0.2) is 0 Å². The lowest BCUT2D eigenvalue weighted by atomic mass is 9.83. The predicted molar refractivity (Wildman–Crippen MR) is 84.8 cm³/mol. The Balaban J connectivity index is 2.06. The van der Waals surface area contributed by atoms with Gasteiger partial charge in [-0.3, -0.25) is 4.79 Å². The zero-order chi connectivity index (χ0) is 15.7. The summed E-state index contributed by atoms with van der Waals surface area (Å²) in [5.74, 6) is -0.133. The van der Waals surface area contributed by atoms with Crippen LogP contribution in [0.2, 0.25) is 0 Å². The van der Waals surface area contributed by atoms with Crippen LogP contribution in [0.25, 0.3) is 10.9 Å². The van der Waals surface area contributed by atoms with E-state index in [0.717, 1.165) is 47.8 Å². The molecule has 0 unspecified atom stereocenters. The molecule has 0 aliphatic heterocycles. The monoisotopic (exact) mass is 299 g/mol. The Hall–Kier alpha value is -2.01. The maximum Gasteiger partial charge on any atom is 0.286 e. The van der Waals surface area contributed by atoms with Crippen molar-refractivity contribution >= 4 is 16.8 Å². The molecule has 1 aromatic heterocycles. The number of carbonyl (C=O) groups is 1. The van der Waals surface area contributed by atoms with Gasteiger partial charge in [0, 0.05) is 18.4 Å². The van der Waals surface area contributed by atoms with Crippen LogP contribution in [0.3, 0.4) is 0 Å². The molecule has 1 aliphatic rings. The molecule has 22 heavy (non-hydrogen) atoms. The molecule has 1 amide bonds. The molecule has 1 saturated carbocycles. The van der Waals surface area contributed by atoms with Crippen LogP contribution in [0.15, 0.2) is 18.2 Å². The van der Waals surface area contributed by atoms with Gasteiger partial charge < -0.3 is 10.5 Å². The number of nitrogens with two attached hydrogens (primary N) is 1. The Morgan fingerprint density at radius 1 is 1.23 bits per heavy atom. The van der Waals surface area contributed by atoms with Gasteiger partial charge in [0.1, 0.15) is 0 Å². The van der Waals surface area contributed by atoms with E-state index in [-0.39, 0.29) is 5.82 Å². The summed E-state index contributed by atoms with van der Waals surface area (Å²) >= 11 is 0. The zero-order valence-corrected chi connectivity index (χ0v) is 13.0. The minimum absolute atomic E-state index is 0.111. The van der Waals surface area contributed by atoms with Gasteiger partial charge in [-0.1, -0.05) is 11.6 Å². The van der Waals surface area contributed by atoms with Gasteiger partial charge in [-0.15, -0.1) is 0 Å². The van der Waals surface area contributed by atoms with E-state index in [2.05, 4.69) is 16.0 Å². The number of amides is 1. The third-order valence-corrected chi connectivity index (χ3v) is 4.50. The van der Waals surface area contributed by atoms with E-state index >= 15 is 0 Å². The number of primary amides is 1. The first-order valence-electron chi connectivity index (χ1n) is 7.69. The fraction of sp³-hybridized carbons (Fsp3) is 0.471. The van der Waals surface area contributed by atoms with Crippen LogP contribution < -0.4 is 5.73 Å². The Kier molecular flexibility index (Phi) is 4.07. The van der Waals surface area contributed by atoms with Crippen LogP contribution in [0.1, 0.15) is 53.5 Å². The van der Waals surface area contributed by atoms with Crippen molar-refractivity contribution in [2.45, 2.75) is 44.6 Å². The second kappa shape index (κ2) is 6.01. The molecule has 0 spiro atoms. The molecular formula is C17H21N3O2. The molecule has 2 N–H and O–H groups in total. The number of nitrogens with zero attached hydrogens (tertiary/aromatic N) is 2. The second-order valence-electron chi connectivity index (χ2n) is 6.03. The fourth-order valence-electron chi connectivity index (χ4n) is 3.26. The predicted octanol–water partition coefficient (Wildman–Crippen LogP) is 2.71. The lowest BCUT2D eigenvalue weighted by Crippen LogP contribution is -2.22. The molecule has 0 radical (unpaired) electrons. The summed E-state index contributed by atoms with van der Waals surface area (Å²) in [6, 6.07) is 6.02. The molecule has 0 saturated heterocycles. The molecule has 1 aromatic carbocycles. The molecule has 1 aliphatic carbocycles. The van der Waals surface area contributed by atoms with E-state index in [9.17, 15) is 4.79 Å². The van der Waals surface area contributed by atoms with Crippen molar-refractivity contribution in [3.05, 3.63) is 35.3 Å². The van der Waals surface area contributed by atoms with Gasteiger partial charge in [-0.05, 0) is 44.7 Å². The zero-order valence-electron chi connectivity index (χ0n) is 13.0. The maximum atomic E-state index is 11.5. The maximum absolute atomic E-state index is 11.5. The Labute approximate surface area is 129 Å². The minimum atomic E-state index is -0.575. The number of rotatable bonds is 3. The van der Waals surface area contributed by atoms with Crippen LogP contribution in [0, 0.1) is 6.92 Å². The average molecular weight is 299 g/mol. The Morgan fingerprint density at radius 2 is 1.95 bits per heavy atom. The van der Waals surface area contributed by atoms with Crippen LogP contribution in [-0.4, -0.2) is 29.1 Å². The van der Waals surface area contributed by atoms with Crippen molar-refractivity contribution in [1.29, 1.82) is 0 Å². The highest BCUT2D eigenvalue weighted by atomic mass is 16.5. The smallest absolute Gasteiger partial charge is 0.286 e. The van der Waals surface area contributed by atoms with Crippen LogP contribution in [0.4, 0.5) is 0 Å². The number of carbonyl (C=O) groups excluding carboxylic acids is 1. The lowest BCUT2D eigenvalue weighted by molar-refractivity contribution is 0.0656. The quantitative estimate of drug-likeness (QED) is 0.945. The number of benzene rings is 1. The molecule has 0 bridgehead atoms. The van der Waals surface area contributed by atoms with E-state index in [0.29, 0.717) is 12.0 Å². The highest BCUT2D eigenvalue weighted by Gasteiger charge is 2.25. The van der Waals surface area contributed by atoms with E-state index in [1.165, 1.54) is 0 Å². The van der Waals surface area contributed by atoms with Gasteiger partial charge in [-0.2, -0.15) is 0 Å². The third-order valence-electron chi connectivity index (χ3n) is 4.50. The topological polar surface area (TPSA) is 78.1 Å². The summed E-state index contributed by atoms with van der Waals surface area (Å²) in [7, 11) is 1.76. The summed E-state index contributed by atoms with van der Waals surface area (Å²) in [6.45, 7) is 2.05. The number of ether oxygens (including phenoxy) is 1. The van der Waals surface area contributed by atoms with E-state index < -0.39 is 5.91 Å². The summed E-state index contributed by atoms with van der Waals surface area (Å²) in [5.41, 5.74) is 8.30. The first-order chi connectivity index (χ1) is 10.6. The molecular weight excluding hydrogens is 278 g/mol. The molecule has 5 heteroatoms. The SMILES string of the molecule is COC1CCC(c2nc(C(N)=O)nc3ccc(C)cc23)CC1. The largest absolute Gasteiger partial charge is 0.381 e. The van der Waals surface area contributed by atoms with Gasteiger partial charge >= 0.3 is 0 Å². The van der Waals surface area contributed by atoms with E-state index in [1.807, 2.05) is 19.1 Å². The molecule has 1 fully saturated rings. The summed E-state index contributed by atoms with van der Waals surface area (Å²) in [5, 5.41) is 1.03. The fourth-order valence-corrected chi connectivity index (χ4v) is 3.26. The molecule has 2 aromatic rings. The van der Waals surface area contributed by atoms with Crippen molar-refractivity contribution < 1.29 is 9.53 Å².